The van der Waals surface area contributed by atoms with Gasteiger partial charge >= 0.3 is 0 Å². The van der Waals surface area contributed by atoms with E-state index in [0.717, 1.165) is 17.7 Å². The largest absolute Gasteiger partial charge is 0.497 e. The highest BCUT2D eigenvalue weighted by atomic mass is 16.5. The van der Waals surface area contributed by atoms with Crippen LogP contribution < -0.4 is 14.8 Å². The summed E-state index contributed by atoms with van der Waals surface area (Å²) in [6, 6.07) is 12.7. The number of amides is 1. The number of ketones is 1. The molecule has 1 atom stereocenters. The van der Waals surface area contributed by atoms with Gasteiger partial charge in [-0.1, -0.05) is 19.1 Å². The molecule has 1 amide bonds. The Labute approximate surface area is 147 Å². The number of rotatable bonds is 5. The molecule has 0 saturated heterocycles. The highest BCUT2D eigenvalue weighted by Gasteiger charge is 2.28. The van der Waals surface area contributed by atoms with Gasteiger partial charge in [0.25, 0.3) is 0 Å². The summed E-state index contributed by atoms with van der Waals surface area (Å²) in [5.41, 5.74) is 2.07. The maximum absolute atomic E-state index is 12.5. The van der Waals surface area contributed by atoms with Gasteiger partial charge in [-0.15, -0.1) is 0 Å². The summed E-state index contributed by atoms with van der Waals surface area (Å²) in [6.45, 7) is 1.95. The van der Waals surface area contributed by atoms with E-state index in [-0.39, 0.29) is 24.2 Å². The minimum absolute atomic E-state index is 0.00802. The van der Waals surface area contributed by atoms with Gasteiger partial charge in [-0.3, -0.25) is 9.59 Å². The fraction of sp³-hybridized carbons (Fsp3) is 0.300. The van der Waals surface area contributed by atoms with Gasteiger partial charge in [0.05, 0.1) is 19.1 Å². The summed E-state index contributed by atoms with van der Waals surface area (Å²) in [5.74, 6) is 1.26. The monoisotopic (exact) mass is 339 g/mol. The van der Waals surface area contributed by atoms with E-state index in [1.54, 1.807) is 25.3 Å². The van der Waals surface area contributed by atoms with Crippen molar-refractivity contribution in [3.8, 4) is 11.5 Å². The second kappa shape index (κ2) is 7.38. The number of carbonyl (C=O) groups is 2. The molecule has 5 heteroatoms. The van der Waals surface area contributed by atoms with E-state index in [9.17, 15) is 9.59 Å². The number of Topliss-reactive ketones (excluding diaryl/α,β-unsaturated/α-hetero) is 1. The van der Waals surface area contributed by atoms with Crippen LogP contribution in [0, 0.1) is 0 Å². The summed E-state index contributed by atoms with van der Waals surface area (Å²) in [4.78, 5) is 24.3. The van der Waals surface area contributed by atoms with E-state index in [0.29, 0.717) is 23.4 Å². The molecule has 1 unspecified atom stereocenters. The molecule has 5 nitrogen and oxygen atoms in total. The first-order valence-electron chi connectivity index (χ1n) is 8.38. The topological polar surface area (TPSA) is 64.6 Å². The molecular weight excluding hydrogens is 318 g/mol. The van der Waals surface area contributed by atoms with Crippen LogP contribution in [-0.2, 0) is 4.79 Å². The van der Waals surface area contributed by atoms with Crippen molar-refractivity contribution >= 4 is 17.4 Å². The first kappa shape index (κ1) is 17.0. The molecule has 0 bridgehead atoms. The predicted molar refractivity (Wildman–Crippen MR) is 95.3 cm³/mol. The lowest BCUT2D eigenvalue weighted by molar-refractivity contribution is -0.116. The third kappa shape index (κ3) is 3.82. The SMILES string of the molecule is CCCC(=O)Nc1ccc2c(c1)C(=O)CC(c1ccc(OC)cc1)O2. The zero-order valence-electron chi connectivity index (χ0n) is 14.4. The Bertz CT molecular complexity index is 783. The summed E-state index contributed by atoms with van der Waals surface area (Å²) >= 11 is 0. The van der Waals surface area contributed by atoms with E-state index in [1.807, 2.05) is 31.2 Å². The Balaban J connectivity index is 1.78. The number of fused-ring (bicyclic) bond motifs is 1. The molecule has 1 heterocycles. The quantitative estimate of drug-likeness (QED) is 0.889. The highest BCUT2D eigenvalue weighted by Crippen LogP contribution is 2.36. The summed E-state index contributed by atoms with van der Waals surface area (Å²) in [5, 5.41) is 2.81. The molecule has 0 radical (unpaired) electrons. The number of benzene rings is 2. The summed E-state index contributed by atoms with van der Waals surface area (Å²) < 4.78 is 11.1. The molecule has 0 saturated carbocycles. The van der Waals surface area contributed by atoms with E-state index in [2.05, 4.69) is 5.32 Å². The number of anilines is 1. The van der Waals surface area contributed by atoms with E-state index < -0.39 is 0 Å². The third-order valence-corrected chi connectivity index (χ3v) is 4.17. The lowest BCUT2D eigenvalue weighted by Crippen LogP contribution is -2.21. The Morgan fingerprint density at radius 1 is 1.24 bits per heavy atom. The number of nitrogens with one attached hydrogen (secondary N) is 1. The molecule has 0 fully saturated rings. The molecule has 0 spiro atoms. The van der Waals surface area contributed by atoms with Crippen molar-refractivity contribution in [2.24, 2.45) is 0 Å². The number of methoxy groups -OCH3 is 1. The Morgan fingerprint density at radius 2 is 2.00 bits per heavy atom. The Hall–Kier alpha value is -2.82. The summed E-state index contributed by atoms with van der Waals surface area (Å²) in [7, 11) is 1.61. The van der Waals surface area contributed by atoms with Gasteiger partial charge in [-0.05, 0) is 42.3 Å². The minimum Gasteiger partial charge on any atom is -0.497 e. The second-order valence-electron chi connectivity index (χ2n) is 6.02. The smallest absolute Gasteiger partial charge is 0.224 e. The molecule has 0 aromatic heterocycles. The Kier molecular flexibility index (Phi) is 5.03. The normalized spacial score (nSPS) is 15.9. The van der Waals surface area contributed by atoms with Crippen LogP contribution in [0.4, 0.5) is 5.69 Å². The first-order valence-corrected chi connectivity index (χ1v) is 8.38. The van der Waals surface area contributed by atoms with Gasteiger partial charge < -0.3 is 14.8 Å². The molecule has 0 aliphatic carbocycles. The lowest BCUT2D eigenvalue weighted by atomic mass is 9.96. The molecule has 130 valence electrons. The maximum atomic E-state index is 12.5. The standard InChI is InChI=1S/C20H21NO4/c1-3-4-20(23)21-14-7-10-18-16(11-14)17(22)12-19(25-18)13-5-8-15(24-2)9-6-13/h5-11,19H,3-4,12H2,1-2H3,(H,21,23). The van der Waals surface area contributed by atoms with Gasteiger partial charge in [0, 0.05) is 12.1 Å². The van der Waals surface area contributed by atoms with Crippen molar-refractivity contribution in [1.29, 1.82) is 0 Å². The van der Waals surface area contributed by atoms with Crippen molar-refractivity contribution in [3.63, 3.8) is 0 Å². The van der Waals surface area contributed by atoms with Crippen molar-refractivity contribution in [1.82, 2.24) is 0 Å². The van der Waals surface area contributed by atoms with Gasteiger partial charge in [0.15, 0.2) is 5.78 Å². The van der Waals surface area contributed by atoms with Crippen LogP contribution in [0.15, 0.2) is 42.5 Å². The molecule has 3 rings (SSSR count). The van der Waals surface area contributed by atoms with E-state index >= 15 is 0 Å². The number of hydrogen-bond acceptors (Lipinski definition) is 4. The van der Waals surface area contributed by atoms with Crippen LogP contribution in [0.1, 0.15) is 48.2 Å². The summed E-state index contributed by atoms with van der Waals surface area (Å²) in [6.07, 6.45) is 1.20. The number of carbonyl (C=O) groups excluding carboxylic acids is 2. The van der Waals surface area contributed by atoms with Crippen molar-refractivity contribution in [2.45, 2.75) is 32.3 Å². The van der Waals surface area contributed by atoms with Gasteiger partial charge in [-0.2, -0.15) is 0 Å². The molecule has 1 N–H and O–H groups in total. The van der Waals surface area contributed by atoms with Crippen LogP contribution in [0.5, 0.6) is 11.5 Å². The average molecular weight is 339 g/mol. The highest BCUT2D eigenvalue weighted by molar-refractivity contribution is 6.02. The van der Waals surface area contributed by atoms with Crippen molar-refractivity contribution < 1.29 is 19.1 Å². The average Bonchev–Trinajstić information content (AvgIpc) is 2.62. The molecule has 25 heavy (non-hydrogen) atoms. The molecule has 1 aliphatic rings. The van der Waals surface area contributed by atoms with Crippen LogP contribution in [0.2, 0.25) is 0 Å². The molecular formula is C20H21NO4. The van der Waals surface area contributed by atoms with Crippen molar-refractivity contribution in [2.75, 3.05) is 12.4 Å². The minimum atomic E-state index is -0.313. The van der Waals surface area contributed by atoms with E-state index in [4.69, 9.17) is 9.47 Å². The Morgan fingerprint density at radius 3 is 2.68 bits per heavy atom. The lowest BCUT2D eigenvalue weighted by Gasteiger charge is -2.26. The first-order chi connectivity index (χ1) is 12.1. The third-order valence-electron chi connectivity index (χ3n) is 4.17. The zero-order chi connectivity index (χ0) is 17.8. The predicted octanol–water partition coefficient (Wildman–Crippen LogP) is 4.14. The fourth-order valence-corrected chi connectivity index (χ4v) is 2.86. The molecule has 2 aromatic carbocycles. The maximum Gasteiger partial charge on any atom is 0.224 e. The van der Waals surface area contributed by atoms with Gasteiger partial charge in [-0.25, -0.2) is 0 Å². The van der Waals surface area contributed by atoms with Crippen molar-refractivity contribution in [3.05, 3.63) is 53.6 Å². The molecule has 1 aliphatic heterocycles. The number of ether oxygens (including phenoxy) is 2. The fourth-order valence-electron chi connectivity index (χ4n) is 2.86. The second-order valence-corrected chi connectivity index (χ2v) is 6.02. The van der Waals surface area contributed by atoms with E-state index in [1.165, 1.54) is 0 Å². The van der Waals surface area contributed by atoms with Crippen LogP contribution >= 0.6 is 0 Å². The van der Waals surface area contributed by atoms with Crippen LogP contribution in [0.25, 0.3) is 0 Å². The molecule has 2 aromatic rings. The van der Waals surface area contributed by atoms with Crippen LogP contribution in [0.3, 0.4) is 0 Å². The van der Waals surface area contributed by atoms with Crippen LogP contribution in [-0.4, -0.2) is 18.8 Å². The number of hydrogen-bond donors (Lipinski definition) is 1. The van der Waals surface area contributed by atoms with Gasteiger partial charge in [0.2, 0.25) is 5.91 Å². The van der Waals surface area contributed by atoms with Gasteiger partial charge in [0.1, 0.15) is 17.6 Å². The zero-order valence-corrected chi connectivity index (χ0v) is 14.4.